The molecular formula is C15H21N. The third kappa shape index (κ3) is 1.21. The van der Waals surface area contributed by atoms with Crippen LogP contribution in [0, 0.1) is 5.92 Å². The first-order valence-electron chi connectivity index (χ1n) is 6.42. The summed E-state index contributed by atoms with van der Waals surface area (Å²) in [7, 11) is 2.29. The first-order chi connectivity index (χ1) is 7.62. The van der Waals surface area contributed by atoms with Crippen LogP contribution in [-0.4, -0.2) is 18.5 Å². The molecule has 1 saturated heterocycles. The van der Waals surface area contributed by atoms with Crippen molar-refractivity contribution in [2.75, 3.05) is 13.6 Å². The first kappa shape index (κ1) is 10.3. The molecule has 16 heavy (non-hydrogen) atoms. The van der Waals surface area contributed by atoms with Crippen LogP contribution >= 0.6 is 0 Å². The minimum atomic E-state index is 0.357. The molecule has 1 nitrogen and oxygen atoms in total. The highest BCUT2D eigenvalue weighted by Crippen LogP contribution is 2.54. The number of likely N-dealkylation sites (tertiary alicyclic amines) is 1. The Morgan fingerprint density at radius 3 is 2.81 bits per heavy atom. The zero-order valence-corrected chi connectivity index (χ0v) is 10.5. The maximum absolute atomic E-state index is 2.56. The van der Waals surface area contributed by atoms with E-state index in [0.717, 1.165) is 5.92 Å². The molecule has 1 fully saturated rings. The number of rotatable bonds is 0. The summed E-state index contributed by atoms with van der Waals surface area (Å²) in [6, 6.07) is 9.72. The minimum absolute atomic E-state index is 0.357. The van der Waals surface area contributed by atoms with Gasteiger partial charge >= 0.3 is 0 Å². The molecule has 0 N–H and O–H groups in total. The van der Waals surface area contributed by atoms with Crippen LogP contribution in [0.15, 0.2) is 24.3 Å². The second-order valence-electron chi connectivity index (χ2n) is 5.98. The molecule has 1 aliphatic carbocycles. The Morgan fingerprint density at radius 2 is 2.00 bits per heavy atom. The molecule has 3 rings (SSSR count). The van der Waals surface area contributed by atoms with Crippen LogP contribution in [-0.2, 0) is 5.41 Å². The summed E-state index contributed by atoms with van der Waals surface area (Å²) in [6.07, 6.45) is 2.74. The number of benzene rings is 1. The van der Waals surface area contributed by atoms with E-state index in [1.54, 1.807) is 11.1 Å². The number of piperidine rings is 1. The van der Waals surface area contributed by atoms with E-state index in [4.69, 9.17) is 0 Å². The van der Waals surface area contributed by atoms with Gasteiger partial charge in [-0.25, -0.2) is 0 Å². The molecule has 1 aliphatic heterocycles. The predicted molar refractivity (Wildman–Crippen MR) is 67.6 cm³/mol. The van der Waals surface area contributed by atoms with Gasteiger partial charge in [0.05, 0.1) is 0 Å². The maximum atomic E-state index is 2.56. The lowest BCUT2D eigenvalue weighted by Crippen LogP contribution is -2.38. The summed E-state index contributed by atoms with van der Waals surface area (Å²) in [6.45, 7) is 6.11. The van der Waals surface area contributed by atoms with E-state index in [-0.39, 0.29) is 0 Å². The molecule has 0 bridgehead atoms. The quantitative estimate of drug-likeness (QED) is 0.641. The van der Waals surface area contributed by atoms with Crippen LogP contribution < -0.4 is 0 Å². The average Bonchev–Trinajstić information content (AvgIpc) is 2.51. The van der Waals surface area contributed by atoms with Crippen LogP contribution in [0.1, 0.15) is 43.9 Å². The fourth-order valence-electron chi connectivity index (χ4n) is 3.92. The van der Waals surface area contributed by atoms with Crippen molar-refractivity contribution in [2.45, 2.75) is 38.1 Å². The number of fused-ring (bicyclic) bond motifs is 3. The van der Waals surface area contributed by atoms with Crippen LogP contribution in [0.4, 0.5) is 0 Å². The summed E-state index contributed by atoms with van der Waals surface area (Å²) in [4.78, 5) is 2.56. The van der Waals surface area contributed by atoms with Gasteiger partial charge < -0.3 is 0 Å². The molecule has 86 valence electrons. The lowest BCUT2D eigenvalue weighted by Gasteiger charge is -2.40. The molecular weight excluding hydrogens is 194 g/mol. The highest BCUT2D eigenvalue weighted by atomic mass is 15.1. The van der Waals surface area contributed by atoms with Gasteiger partial charge in [0.15, 0.2) is 0 Å². The normalized spacial score (nSPS) is 32.2. The van der Waals surface area contributed by atoms with Gasteiger partial charge in [0.25, 0.3) is 0 Å². The van der Waals surface area contributed by atoms with Crippen molar-refractivity contribution < 1.29 is 0 Å². The minimum Gasteiger partial charge on any atom is -0.299 e. The van der Waals surface area contributed by atoms with Gasteiger partial charge in [-0.3, -0.25) is 4.90 Å². The zero-order valence-electron chi connectivity index (χ0n) is 10.5. The van der Waals surface area contributed by atoms with Crippen LogP contribution in [0.5, 0.6) is 0 Å². The van der Waals surface area contributed by atoms with Crippen LogP contribution in [0.2, 0.25) is 0 Å². The molecule has 2 aliphatic rings. The summed E-state index contributed by atoms with van der Waals surface area (Å²) < 4.78 is 0. The van der Waals surface area contributed by atoms with Crippen molar-refractivity contribution >= 4 is 0 Å². The predicted octanol–water partition coefficient (Wildman–Crippen LogP) is 3.36. The summed E-state index contributed by atoms with van der Waals surface area (Å²) >= 11 is 0. The summed E-state index contributed by atoms with van der Waals surface area (Å²) in [5.74, 6) is 0.809. The van der Waals surface area contributed by atoms with Crippen molar-refractivity contribution in [3.63, 3.8) is 0 Å². The van der Waals surface area contributed by atoms with Gasteiger partial charge in [-0.15, -0.1) is 0 Å². The van der Waals surface area contributed by atoms with E-state index in [0.29, 0.717) is 11.5 Å². The second kappa shape index (κ2) is 3.33. The molecule has 1 heteroatoms. The van der Waals surface area contributed by atoms with E-state index < -0.39 is 0 Å². The molecule has 2 atom stereocenters. The Balaban J connectivity index is 2.15. The van der Waals surface area contributed by atoms with E-state index >= 15 is 0 Å². The summed E-state index contributed by atoms with van der Waals surface area (Å²) in [5, 5.41) is 0. The smallest absolute Gasteiger partial charge is 0.0384 e. The molecule has 2 unspecified atom stereocenters. The zero-order chi connectivity index (χ0) is 11.3. The van der Waals surface area contributed by atoms with Gasteiger partial charge in [0.1, 0.15) is 0 Å². The molecule has 0 amide bonds. The van der Waals surface area contributed by atoms with Crippen molar-refractivity contribution in [3.8, 4) is 0 Å². The average molecular weight is 215 g/mol. The fraction of sp³-hybridized carbons (Fsp3) is 0.600. The van der Waals surface area contributed by atoms with Gasteiger partial charge in [0.2, 0.25) is 0 Å². The van der Waals surface area contributed by atoms with Gasteiger partial charge in [-0.05, 0) is 48.9 Å². The van der Waals surface area contributed by atoms with Gasteiger partial charge in [0, 0.05) is 6.04 Å². The molecule has 0 radical (unpaired) electrons. The van der Waals surface area contributed by atoms with Gasteiger partial charge in [-0.2, -0.15) is 0 Å². The van der Waals surface area contributed by atoms with Crippen LogP contribution in [0.3, 0.4) is 0 Å². The van der Waals surface area contributed by atoms with Crippen molar-refractivity contribution in [1.29, 1.82) is 0 Å². The first-order valence-corrected chi connectivity index (χ1v) is 6.42. The number of hydrogen-bond donors (Lipinski definition) is 0. The Hall–Kier alpha value is -0.820. The maximum Gasteiger partial charge on any atom is 0.0384 e. The highest BCUT2D eigenvalue weighted by Gasteiger charge is 2.48. The molecule has 0 saturated carbocycles. The molecule has 1 aromatic rings. The molecule has 0 aromatic heterocycles. The molecule has 1 aromatic carbocycles. The molecule has 0 spiro atoms. The number of hydrogen-bond acceptors (Lipinski definition) is 1. The highest BCUT2D eigenvalue weighted by molar-refractivity contribution is 5.43. The fourth-order valence-corrected chi connectivity index (χ4v) is 3.92. The third-order valence-corrected chi connectivity index (χ3v) is 4.78. The Morgan fingerprint density at radius 1 is 1.25 bits per heavy atom. The van der Waals surface area contributed by atoms with E-state index in [9.17, 15) is 0 Å². The monoisotopic (exact) mass is 215 g/mol. The Bertz CT molecular complexity index is 408. The third-order valence-electron chi connectivity index (χ3n) is 4.78. The Labute approximate surface area is 98.5 Å². The van der Waals surface area contributed by atoms with E-state index in [1.807, 2.05) is 0 Å². The molecule has 1 heterocycles. The number of nitrogens with zero attached hydrogens (tertiary/aromatic N) is 1. The van der Waals surface area contributed by atoms with Crippen LogP contribution in [0.25, 0.3) is 0 Å². The topological polar surface area (TPSA) is 3.24 Å². The standard InChI is InChI=1S/C15H21N/c1-15(2)12-8-5-4-7-11(12)14-13(15)9-6-10-16(14)3/h4-5,7-8,13-14H,6,9-10H2,1-3H3. The van der Waals surface area contributed by atoms with Crippen molar-refractivity contribution in [3.05, 3.63) is 35.4 Å². The van der Waals surface area contributed by atoms with E-state index in [2.05, 4.69) is 50.1 Å². The summed E-state index contributed by atoms with van der Waals surface area (Å²) in [5.41, 5.74) is 3.52. The lowest BCUT2D eigenvalue weighted by molar-refractivity contribution is 0.0967. The second-order valence-corrected chi connectivity index (χ2v) is 5.98. The van der Waals surface area contributed by atoms with Crippen molar-refractivity contribution in [1.82, 2.24) is 4.90 Å². The Kier molecular flexibility index (Phi) is 2.16. The SMILES string of the molecule is CN1CCCC2C1c1ccccc1C2(C)C. The largest absolute Gasteiger partial charge is 0.299 e. The van der Waals surface area contributed by atoms with Crippen molar-refractivity contribution in [2.24, 2.45) is 5.92 Å². The van der Waals surface area contributed by atoms with Gasteiger partial charge in [-0.1, -0.05) is 38.1 Å². The van der Waals surface area contributed by atoms with E-state index in [1.165, 1.54) is 19.4 Å². The lowest BCUT2D eigenvalue weighted by atomic mass is 9.74.